The van der Waals surface area contributed by atoms with Gasteiger partial charge in [-0.15, -0.1) is 0 Å². The summed E-state index contributed by atoms with van der Waals surface area (Å²) in [6.45, 7) is 0. The maximum atomic E-state index is 13.5. The van der Waals surface area contributed by atoms with Gasteiger partial charge < -0.3 is 0 Å². The van der Waals surface area contributed by atoms with Crippen LogP contribution in [-0.2, 0) is 22.4 Å². The maximum Gasteiger partial charge on any atom is 0.419 e. The first-order valence-corrected chi connectivity index (χ1v) is 11.1. The Labute approximate surface area is 185 Å². The van der Waals surface area contributed by atoms with Crippen molar-refractivity contribution in [2.45, 2.75) is 28.8 Å². The number of carbonyl (C=O) groups excluding carboxylic acids is 1. The predicted octanol–water partition coefficient (Wildman–Crippen LogP) is 4.76. The number of hydrogen-bond donors (Lipinski definition) is 1. The third-order valence-electron chi connectivity index (χ3n) is 5.04. The number of nitrogens with zero attached hydrogens (tertiary/aromatic N) is 2. The molecule has 0 atom stereocenters. The fourth-order valence-electron chi connectivity index (χ4n) is 3.25. The number of fused-ring (bicyclic) bond motifs is 1. The molecule has 0 amide bonds. The smallest absolute Gasteiger partial charge is 0.294 e. The number of nitrogens with one attached hydrogen (secondary N) is 1. The van der Waals surface area contributed by atoms with E-state index in [-0.39, 0.29) is 23.2 Å². The lowest BCUT2D eigenvalue weighted by Gasteiger charge is -2.11. The third-order valence-corrected chi connectivity index (χ3v) is 6.81. The first-order valence-electron chi connectivity index (χ1n) is 9.59. The van der Waals surface area contributed by atoms with Crippen LogP contribution < -0.4 is 0 Å². The van der Waals surface area contributed by atoms with Crippen LogP contribution in [0.15, 0.2) is 70.7 Å². The Hall–Kier alpha value is -3.60. The maximum absolute atomic E-state index is 13.5. The van der Waals surface area contributed by atoms with E-state index in [9.17, 15) is 30.8 Å². The Morgan fingerprint density at radius 1 is 0.970 bits per heavy atom. The van der Waals surface area contributed by atoms with Gasteiger partial charge in [0, 0.05) is 23.6 Å². The number of aromatic amines is 1. The first-order chi connectivity index (χ1) is 15.6. The van der Waals surface area contributed by atoms with Crippen molar-refractivity contribution in [3.63, 3.8) is 0 Å². The number of ketones is 1. The minimum atomic E-state index is -5.02. The lowest BCUT2D eigenvalue weighted by molar-refractivity contribution is -0.140. The van der Waals surface area contributed by atoms with Crippen LogP contribution >= 0.6 is 0 Å². The summed E-state index contributed by atoms with van der Waals surface area (Å²) in [6.07, 6.45) is -1.57. The molecule has 0 aliphatic carbocycles. The van der Waals surface area contributed by atoms with Gasteiger partial charge in [-0.1, -0.05) is 12.1 Å². The predicted molar refractivity (Wildman–Crippen MR) is 110 cm³/mol. The Kier molecular flexibility index (Phi) is 5.75. The molecule has 1 N–H and O–H groups in total. The highest BCUT2D eigenvalue weighted by Gasteiger charge is 2.35. The summed E-state index contributed by atoms with van der Waals surface area (Å²) in [7, 11) is -4.30. The van der Waals surface area contributed by atoms with Crippen molar-refractivity contribution in [3.05, 3.63) is 83.4 Å². The van der Waals surface area contributed by atoms with E-state index in [1.165, 1.54) is 30.5 Å². The van der Waals surface area contributed by atoms with E-state index in [0.717, 1.165) is 6.07 Å². The summed E-state index contributed by atoms with van der Waals surface area (Å²) in [5, 5.41) is 7.23. The topological polar surface area (TPSA) is 92.8 Å². The molecule has 0 aliphatic rings. The quantitative estimate of drug-likeness (QED) is 0.246. The summed E-state index contributed by atoms with van der Waals surface area (Å²) in [6, 6.07) is 8.65. The second kappa shape index (κ2) is 8.39. The number of aryl methyl sites for hydroxylation is 1. The molecule has 2 aromatic carbocycles. The first kappa shape index (κ1) is 22.6. The molecular formula is C22H15F4N3O3S. The zero-order chi connectivity index (χ0) is 23.8. The Morgan fingerprint density at radius 3 is 2.36 bits per heavy atom. The van der Waals surface area contributed by atoms with E-state index in [4.69, 9.17) is 0 Å². The molecule has 0 fully saturated rings. The number of halogens is 4. The van der Waals surface area contributed by atoms with Crippen LogP contribution in [0.1, 0.15) is 27.9 Å². The van der Waals surface area contributed by atoms with Crippen molar-refractivity contribution < 1.29 is 30.8 Å². The summed E-state index contributed by atoms with van der Waals surface area (Å²) in [4.78, 5) is 15.6. The van der Waals surface area contributed by atoms with Crippen LogP contribution in [0, 0.1) is 5.82 Å². The molecule has 2 aromatic heterocycles. The van der Waals surface area contributed by atoms with Gasteiger partial charge in [0.15, 0.2) is 11.4 Å². The number of sulfone groups is 1. The van der Waals surface area contributed by atoms with Crippen molar-refractivity contribution >= 4 is 26.7 Å². The molecule has 0 saturated carbocycles. The second-order valence-corrected chi connectivity index (χ2v) is 9.19. The van der Waals surface area contributed by atoms with Gasteiger partial charge in [-0.25, -0.2) is 17.8 Å². The number of pyridine rings is 1. The summed E-state index contributed by atoms with van der Waals surface area (Å²) in [5.41, 5.74) is -0.0109. The van der Waals surface area contributed by atoms with E-state index >= 15 is 0 Å². The zero-order valence-electron chi connectivity index (χ0n) is 16.7. The van der Waals surface area contributed by atoms with Gasteiger partial charge in [0.05, 0.1) is 21.6 Å². The average molecular weight is 477 g/mol. The van der Waals surface area contributed by atoms with Gasteiger partial charge in [0.1, 0.15) is 5.82 Å². The average Bonchev–Trinajstić information content (AvgIpc) is 3.25. The highest BCUT2D eigenvalue weighted by atomic mass is 32.2. The minimum absolute atomic E-state index is 0.143. The van der Waals surface area contributed by atoms with Gasteiger partial charge in [0.2, 0.25) is 9.84 Å². The summed E-state index contributed by atoms with van der Waals surface area (Å²) >= 11 is 0. The lowest BCUT2D eigenvalue weighted by Crippen LogP contribution is -2.11. The van der Waals surface area contributed by atoms with Crippen molar-refractivity contribution in [2.24, 2.45) is 0 Å². The minimum Gasteiger partial charge on any atom is -0.294 e. The number of alkyl halides is 3. The summed E-state index contributed by atoms with van der Waals surface area (Å²) < 4.78 is 77.7. The number of Topliss-reactive ketones (excluding diaryl/α,β-unsaturated/α-hetero) is 1. The standard InChI is InChI=1S/C22H15F4N3O3S/c23-19-7-6-17(10-18(19)22(24,25)26)33(31,32)16-4-1-13(2-5-16)3-8-20(30)14-9-15-12-28-29-21(15)27-11-14/h1-2,4-7,9-12H,3,8H2,(H,27,28,29). The normalized spacial score (nSPS) is 12.2. The van der Waals surface area contributed by atoms with Crippen LogP contribution in [0.3, 0.4) is 0 Å². The fourth-order valence-corrected chi connectivity index (χ4v) is 4.54. The summed E-state index contributed by atoms with van der Waals surface area (Å²) in [5.74, 6) is -1.71. The molecule has 0 aliphatic heterocycles. The fraction of sp³-hybridized carbons (Fsp3) is 0.136. The Bertz CT molecular complexity index is 1450. The van der Waals surface area contributed by atoms with Crippen molar-refractivity contribution in [2.75, 3.05) is 0 Å². The van der Waals surface area contributed by atoms with Gasteiger partial charge in [-0.2, -0.15) is 18.3 Å². The molecule has 0 bridgehead atoms. The second-order valence-electron chi connectivity index (χ2n) is 7.24. The molecule has 0 saturated heterocycles. The number of aromatic nitrogens is 3. The highest BCUT2D eigenvalue weighted by molar-refractivity contribution is 7.91. The number of rotatable bonds is 6. The van der Waals surface area contributed by atoms with Gasteiger partial charge >= 0.3 is 6.18 Å². The van der Waals surface area contributed by atoms with E-state index in [1.807, 2.05) is 0 Å². The molecule has 4 aromatic rings. The van der Waals surface area contributed by atoms with Crippen molar-refractivity contribution in [3.8, 4) is 0 Å². The number of hydrogen-bond acceptors (Lipinski definition) is 5. The van der Waals surface area contributed by atoms with Crippen LogP contribution in [0.4, 0.5) is 17.6 Å². The number of carbonyl (C=O) groups is 1. The van der Waals surface area contributed by atoms with Gasteiger partial charge in [-0.05, 0) is 48.4 Å². The molecule has 0 radical (unpaired) electrons. The molecule has 170 valence electrons. The lowest BCUT2D eigenvalue weighted by atomic mass is 10.0. The zero-order valence-corrected chi connectivity index (χ0v) is 17.5. The van der Waals surface area contributed by atoms with Gasteiger partial charge in [-0.3, -0.25) is 9.89 Å². The number of H-pyrrole nitrogens is 1. The molecular weight excluding hydrogens is 462 g/mol. The molecule has 6 nitrogen and oxygen atoms in total. The monoisotopic (exact) mass is 477 g/mol. The van der Waals surface area contributed by atoms with Gasteiger partial charge in [0.25, 0.3) is 0 Å². The van der Waals surface area contributed by atoms with Crippen LogP contribution in [0.5, 0.6) is 0 Å². The molecule has 0 unspecified atom stereocenters. The molecule has 2 heterocycles. The number of benzene rings is 2. The van der Waals surface area contributed by atoms with E-state index in [2.05, 4.69) is 15.2 Å². The van der Waals surface area contributed by atoms with Crippen molar-refractivity contribution in [1.29, 1.82) is 0 Å². The highest BCUT2D eigenvalue weighted by Crippen LogP contribution is 2.34. The Morgan fingerprint density at radius 2 is 1.67 bits per heavy atom. The van der Waals surface area contributed by atoms with Crippen LogP contribution in [0.2, 0.25) is 0 Å². The molecule has 4 rings (SSSR count). The largest absolute Gasteiger partial charge is 0.419 e. The van der Waals surface area contributed by atoms with Crippen molar-refractivity contribution in [1.82, 2.24) is 15.2 Å². The molecule has 33 heavy (non-hydrogen) atoms. The van der Waals surface area contributed by atoms with Crippen LogP contribution in [-0.4, -0.2) is 29.4 Å². The van der Waals surface area contributed by atoms with E-state index in [0.29, 0.717) is 34.6 Å². The van der Waals surface area contributed by atoms with E-state index in [1.54, 1.807) is 12.3 Å². The molecule has 11 heteroatoms. The molecule has 0 spiro atoms. The van der Waals surface area contributed by atoms with E-state index < -0.39 is 32.3 Å². The van der Waals surface area contributed by atoms with Crippen LogP contribution in [0.25, 0.3) is 11.0 Å². The SMILES string of the molecule is O=C(CCc1ccc(S(=O)(=O)c2ccc(F)c(C(F)(F)F)c2)cc1)c1cnc2[nH]ncc2c1. The Balaban J connectivity index is 1.49. The third kappa shape index (κ3) is 4.63.